The Hall–Kier alpha value is -1.54. The van der Waals surface area contributed by atoms with E-state index in [9.17, 15) is 9.59 Å². The molecule has 112 valence electrons. The van der Waals surface area contributed by atoms with Gasteiger partial charge in [-0.3, -0.25) is 9.59 Å². The van der Waals surface area contributed by atoms with Gasteiger partial charge in [0.25, 0.3) is 0 Å². The summed E-state index contributed by atoms with van der Waals surface area (Å²) < 4.78 is 15.5. The Morgan fingerprint density at radius 2 is 1.70 bits per heavy atom. The predicted molar refractivity (Wildman–Crippen MR) is 72.7 cm³/mol. The first-order valence-electron chi connectivity index (χ1n) is 6.79. The van der Waals surface area contributed by atoms with Crippen LogP contribution in [0.5, 0.6) is 0 Å². The molecule has 0 aromatic rings. The third-order valence-corrected chi connectivity index (χ3v) is 3.43. The summed E-state index contributed by atoms with van der Waals surface area (Å²) in [5.74, 6) is 1.12. The number of epoxide rings is 1. The highest BCUT2D eigenvalue weighted by atomic mass is 16.6. The molecule has 1 saturated heterocycles. The second kappa shape index (κ2) is 6.27. The van der Waals surface area contributed by atoms with Gasteiger partial charge in [0.15, 0.2) is 5.41 Å². The van der Waals surface area contributed by atoms with Crippen LogP contribution in [0.4, 0.5) is 0 Å². The van der Waals surface area contributed by atoms with Crippen molar-refractivity contribution in [3.05, 3.63) is 0 Å². The first-order valence-corrected chi connectivity index (χ1v) is 6.79. The van der Waals surface area contributed by atoms with Gasteiger partial charge in [-0.2, -0.15) is 0 Å². The molecule has 0 spiro atoms. The van der Waals surface area contributed by atoms with Gasteiger partial charge in [-0.1, -0.05) is 0 Å². The van der Waals surface area contributed by atoms with E-state index in [-0.39, 0.29) is 37.8 Å². The standard InChI is InChI=1S/C15H22O5/c1-6-9-15(12(16)18-7-2,13(17)19-8-3)10-11-14(4,5)20-11/h1,11H,7-10H2,2-5H3. The van der Waals surface area contributed by atoms with Crippen LogP contribution in [0.1, 0.15) is 40.5 Å². The quantitative estimate of drug-likeness (QED) is 0.308. The summed E-state index contributed by atoms with van der Waals surface area (Å²) in [5, 5.41) is 0. The van der Waals surface area contributed by atoms with Crippen LogP contribution in [0, 0.1) is 17.8 Å². The highest BCUT2D eigenvalue weighted by molar-refractivity contribution is 6.00. The number of rotatable bonds is 7. The Morgan fingerprint density at radius 3 is 2.00 bits per heavy atom. The second-order valence-electron chi connectivity index (χ2n) is 5.32. The van der Waals surface area contributed by atoms with Crippen molar-refractivity contribution in [1.29, 1.82) is 0 Å². The summed E-state index contributed by atoms with van der Waals surface area (Å²) >= 11 is 0. The first kappa shape index (κ1) is 16.5. The zero-order valence-electron chi connectivity index (χ0n) is 12.5. The molecule has 1 aliphatic rings. The lowest BCUT2D eigenvalue weighted by molar-refractivity contribution is -0.172. The van der Waals surface area contributed by atoms with Gasteiger partial charge in [0.2, 0.25) is 0 Å². The summed E-state index contributed by atoms with van der Waals surface area (Å²) in [7, 11) is 0. The lowest BCUT2D eigenvalue weighted by Crippen LogP contribution is -2.43. The van der Waals surface area contributed by atoms with Gasteiger partial charge in [0.1, 0.15) is 0 Å². The number of ether oxygens (including phenoxy) is 3. The minimum atomic E-state index is -1.47. The van der Waals surface area contributed by atoms with Gasteiger partial charge < -0.3 is 14.2 Å². The molecule has 0 radical (unpaired) electrons. The van der Waals surface area contributed by atoms with Crippen LogP contribution in [-0.4, -0.2) is 36.9 Å². The Labute approximate surface area is 120 Å². The smallest absolute Gasteiger partial charge is 0.324 e. The highest BCUT2D eigenvalue weighted by Gasteiger charge is 2.58. The number of hydrogen-bond donors (Lipinski definition) is 0. The predicted octanol–water partition coefficient (Wildman–Crippen LogP) is 1.69. The molecule has 1 unspecified atom stereocenters. The van der Waals surface area contributed by atoms with Gasteiger partial charge in [-0.25, -0.2) is 0 Å². The van der Waals surface area contributed by atoms with Crippen molar-refractivity contribution in [2.24, 2.45) is 5.41 Å². The van der Waals surface area contributed by atoms with Crippen LogP contribution in [0.2, 0.25) is 0 Å². The largest absolute Gasteiger partial charge is 0.465 e. The number of carbonyl (C=O) groups excluding carboxylic acids is 2. The monoisotopic (exact) mass is 282 g/mol. The van der Waals surface area contributed by atoms with Crippen molar-refractivity contribution in [3.8, 4) is 12.3 Å². The second-order valence-corrected chi connectivity index (χ2v) is 5.32. The minimum Gasteiger partial charge on any atom is -0.465 e. The van der Waals surface area contributed by atoms with E-state index >= 15 is 0 Å². The highest BCUT2D eigenvalue weighted by Crippen LogP contribution is 2.45. The lowest BCUT2D eigenvalue weighted by Gasteiger charge is -2.27. The van der Waals surface area contributed by atoms with Crippen LogP contribution in [0.15, 0.2) is 0 Å². The molecule has 0 aromatic carbocycles. The van der Waals surface area contributed by atoms with Gasteiger partial charge >= 0.3 is 11.9 Å². The van der Waals surface area contributed by atoms with E-state index in [0.29, 0.717) is 0 Å². The molecule has 0 aliphatic carbocycles. The topological polar surface area (TPSA) is 65.1 Å². The van der Waals surface area contributed by atoms with Crippen molar-refractivity contribution < 1.29 is 23.8 Å². The average Bonchev–Trinajstić information content (AvgIpc) is 2.96. The van der Waals surface area contributed by atoms with E-state index in [1.165, 1.54) is 0 Å². The molecule has 0 saturated carbocycles. The molecule has 0 aromatic heterocycles. The van der Waals surface area contributed by atoms with E-state index < -0.39 is 17.4 Å². The van der Waals surface area contributed by atoms with Gasteiger partial charge in [0.05, 0.1) is 24.9 Å². The SMILES string of the molecule is C#CCC(CC1OC1(C)C)(C(=O)OCC)C(=O)OCC. The molecule has 0 amide bonds. The van der Waals surface area contributed by atoms with Crippen molar-refractivity contribution in [1.82, 2.24) is 0 Å². The van der Waals surface area contributed by atoms with Gasteiger partial charge in [-0.05, 0) is 27.7 Å². The summed E-state index contributed by atoms with van der Waals surface area (Å²) in [4.78, 5) is 24.5. The molecule has 1 aliphatic heterocycles. The van der Waals surface area contributed by atoms with E-state index in [2.05, 4.69) is 5.92 Å². The summed E-state index contributed by atoms with van der Waals surface area (Å²) in [6.45, 7) is 7.52. The Kier molecular flexibility index (Phi) is 5.18. The normalized spacial score (nSPS) is 19.9. The average molecular weight is 282 g/mol. The van der Waals surface area contributed by atoms with Crippen LogP contribution in [-0.2, 0) is 23.8 Å². The van der Waals surface area contributed by atoms with Crippen LogP contribution in [0.25, 0.3) is 0 Å². The summed E-state index contributed by atoms with van der Waals surface area (Å²) in [6, 6.07) is 0. The molecule has 0 N–H and O–H groups in total. The molecule has 0 bridgehead atoms. The number of esters is 2. The zero-order valence-corrected chi connectivity index (χ0v) is 12.5. The Morgan fingerprint density at radius 1 is 1.25 bits per heavy atom. The molecule has 1 heterocycles. The molecule has 5 nitrogen and oxygen atoms in total. The Bertz CT molecular complexity index is 400. The molecule has 1 fully saturated rings. The van der Waals surface area contributed by atoms with Crippen molar-refractivity contribution in [2.75, 3.05) is 13.2 Å². The van der Waals surface area contributed by atoms with Gasteiger partial charge in [-0.15, -0.1) is 12.3 Å². The molecule has 1 rings (SSSR count). The van der Waals surface area contributed by atoms with Crippen LogP contribution < -0.4 is 0 Å². The fourth-order valence-corrected chi connectivity index (χ4v) is 2.12. The zero-order chi connectivity index (χ0) is 15.4. The minimum absolute atomic E-state index is 0.0550. The van der Waals surface area contributed by atoms with Crippen molar-refractivity contribution in [3.63, 3.8) is 0 Å². The van der Waals surface area contributed by atoms with Crippen molar-refractivity contribution >= 4 is 11.9 Å². The summed E-state index contributed by atoms with van der Waals surface area (Å²) in [5.41, 5.74) is -1.82. The van der Waals surface area contributed by atoms with Crippen LogP contribution in [0.3, 0.4) is 0 Å². The van der Waals surface area contributed by atoms with Crippen molar-refractivity contribution in [2.45, 2.75) is 52.2 Å². The Balaban J connectivity index is 3.03. The third-order valence-electron chi connectivity index (χ3n) is 3.43. The molecular weight excluding hydrogens is 260 g/mol. The molecular formula is C15H22O5. The number of carbonyl (C=O) groups is 2. The maximum Gasteiger partial charge on any atom is 0.324 e. The third kappa shape index (κ3) is 3.31. The van der Waals surface area contributed by atoms with E-state index in [0.717, 1.165) is 0 Å². The molecule has 20 heavy (non-hydrogen) atoms. The number of hydrogen-bond acceptors (Lipinski definition) is 5. The molecule has 1 atom stereocenters. The first-order chi connectivity index (χ1) is 9.34. The van der Waals surface area contributed by atoms with Crippen LogP contribution >= 0.6 is 0 Å². The lowest BCUT2D eigenvalue weighted by atomic mass is 9.78. The summed E-state index contributed by atoms with van der Waals surface area (Å²) in [6.07, 6.45) is 5.26. The maximum atomic E-state index is 12.3. The fraction of sp³-hybridized carbons (Fsp3) is 0.733. The van der Waals surface area contributed by atoms with E-state index in [1.54, 1.807) is 13.8 Å². The van der Waals surface area contributed by atoms with E-state index in [4.69, 9.17) is 20.6 Å². The molecule has 5 heteroatoms. The van der Waals surface area contributed by atoms with Gasteiger partial charge in [0, 0.05) is 12.8 Å². The maximum absolute atomic E-state index is 12.3. The van der Waals surface area contributed by atoms with E-state index in [1.807, 2.05) is 13.8 Å². The fourth-order valence-electron chi connectivity index (χ4n) is 2.12. The number of terminal acetylenes is 1.